The van der Waals surface area contributed by atoms with E-state index in [0.29, 0.717) is 29.0 Å². The molecule has 1 atom stereocenters. The normalized spacial score (nSPS) is 13.0. The molecule has 1 unspecified atom stereocenters. The summed E-state index contributed by atoms with van der Waals surface area (Å²) in [6.07, 6.45) is 0. The van der Waals surface area contributed by atoms with Crippen molar-refractivity contribution in [2.75, 3.05) is 11.9 Å². The molecule has 0 radical (unpaired) electrons. The maximum absolute atomic E-state index is 14.0. The number of carbonyl (C=O) groups is 1. The van der Waals surface area contributed by atoms with E-state index in [2.05, 4.69) is 93.5 Å². The monoisotopic (exact) mass is 682 g/mol. The summed E-state index contributed by atoms with van der Waals surface area (Å²) in [6, 6.07) is 27.5. The second-order valence-corrected chi connectivity index (χ2v) is 18.8. The summed E-state index contributed by atoms with van der Waals surface area (Å²) in [5.41, 5.74) is 1.50. The lowest BCUT2D eigenvalue weighted by Gasteiger charge is -2.44. The average molecular weight is 683 g/mol. The summed E-state index contributed by atoms with van der Waals surface area (Å²) in [5.74, 6) is -0.604. The highest BCUT2D eigenvalue weighted by atomic mass is 35.5. The van der Waals surface area contributed by atoms with Gasteiger partial charge in [-0.1, -0.05) is 113 Å². The number of carboxylic acid groups (broad SMARTS) is 1. The molecular formula is C38H43ClN4O4Si. The van der Waals surface area contributed by atoms with Crippen LogP contribution >= 0.6 is 11.6 Å². The number of carboxylic acids is 1. The van der Waals surface area contributed by atoms with Crippen molar-refractivity contribution in [1.82, 2.24) is 14.5 Å². The van der Waals surface area contributed by atoms with E-state index in [9.17, 15) is 14.7 Å². The number of hydrogen-bond acceptors (Lipinski definition) is 6. The Morgan fingerprint density at radius 2 is 1.54 bits per heavy atom. The van der Waals surface area contributed by atoms with Crippen LogP contribution in [0.1, 0.15) is 75.0 Å². The molecule has 2 heterocycles. The molecule has 10 heteroatoms. The Bertz CT molecular complexity index is 1990. The fourth-order valence-corrected chi connectivity index (χ4v) is 11.5. The van der Waals surface area contributed by atoms with E-state index in [1.807, 2.05) is 38.1 Å². The van der Waals surface area contributed by atoms with Crippen LogP contribution < -0.4 is 21.2 Å². The number of pyridine rings is 1. The van der Waals surface area contributed by atoms with E-state index in [4.69, 9.17) is 21.0 Å². The number of anilines is 1. The molecule has 2 N–H and O–H groups in total. The molecule has 0 fully saturated rings. The molecule has 0 bridgehead atoms. The van der Waals surface area contributed by atoms with Crippen molar-refractivity contribution in [3.8, 4) is 0 Å². The molecule has 3 aromatic carbocycles. The average Bonchev–Trinajstić information content (AvgIpc) is 3.04. The topological polar surface area (TPSA) is 106 Å². The minimum absolute atomic E-state index is 0.0870. The van der Waals surface area contributed by atoms with Crippen LogP contribution in [0.3, 0.4) is 0 Å². The lowest BCUT2D eigenvalue weighted by atomic mass is 9.92. The number of fused-ring (bicyclic) bond motifs is 1. The first-order valence-corrected chi connectivity index (χ1v) is 18.3. The van der Waals surface area contributed by atoms with E-state index in [1.54, 1.807) is 17.7 Å². The standard InChI is InChI=1S/C38H43ClN4O4Si/c1-24-21-28(25(2)40-30-19-20-31(39)41-33(30)35(45)46)32-29(22-24)34(44)43(8)36(42-32)38(6,7)23-47-48(37(3,4)5,26-15-11-9-12-16-26)27-17-13-10-14-18-27/h9-22,25,40H,23H2,1-8H3,(H,45,46). The van der Waals surface area contributed by atoms with Crippen molar-refractivity contribution in [1.29, 1.82) is 0 Å². The van der Waals surface area contributed by atoms with Crippen LogP contribution in [-0.2, 0) is 16.9 Å². The predicted molar refractivity (Wildman–Crippen MR) is 197 cm³/mol. The van der Waals surface area contributed by atoms with Gasteiger partial charge in [0, 0.05) is 24.6 Å². The van der Waals surface area contributed by atoms with Crippen LogP contribution in [0.25, 0.3) is 10.9 Å². The van der Waals surface area contributed by atoms with Crippen molar-refractivity contribution in [2.45, 2.75) is 65.0 Å². The quantitative estimate of drug-likeness (QED) is 0.121. The van der Waals surface area contributed by atoms with Gasteiger partial charge < -0.3 is 14.8 Å². The Morgan fingerprint density at radius 3 is 2.08 bits per heavy atom. The van der Waals surface area contributed by atoms with Gasteiger partial charge in [0.2, 0.25) is 0 Å². The molecule has 5 aromatic rings. The number of aryl methyl sites for hydroxylation is 1. The van der Waals surface area contributed by atoms with Gasteiger partial charge in [0.25, 0.3) is 13.9 Å². The highest BCUT2D eigenvalue weighted by molar-refractivity contribution is 6.99. The zero-order valence-electron chi connectivity index (χ0n) is 28.8. The zero-order valence-corrected chi connectivity index (χ0v) is 30.5. The van der Waals surface area contributed by atoms with E-state index < -0.39 is 25.7 Å². The molecule has 48 heavy (non-hydrogen) atoms. The Labute approximate surface area is 287 Å². The van der Waals surface area contributed by atoms with Gasteiger partial charge in [0.1, 0.15) is 11.0 Å². The van der Waals surface area contributed by atoms with Gasteiger partial charge in [-0.15, -0.1) is 0 Å². The van der Waals surface area contributed by atoms with E-state index in [-0.39, 0.29) is 21.4 Å². The SMILES string of the molecule is Cc1cc(C(C)Nc2ccc(Cl)nc2C(=O)O)c2nc(C(C)(C)CO[Si](c3ccccc3)(c3ccccc3)C(C)(C)C)n(C)c(=O)c2c1. The lowest BCUT2D eigenvalue weighted by Crippen LogP contribution is -2.67. The largest absolute Gasteiger partial charge is 0.476 e. The molecule has 0 saturated heterocycles. The van der Waals surface area contributed by atoms with Crippen LogP contribution in [0.2, 0.25) is 10.2 Å². The van der Waals surface area contributed by atoms with E-state index >= 15 is 0 Å². The summed E-state index contributed by atoms with van der Waals surface area (Å²) < 4.78 is 8.94. The molecule has 0 aliphatic rings. The first kappa shape index (κ1) is 35.0. The van der Waals surface area contributed by atoms with Crippen LogP contribution in [0, 0.1) is 6.92 Å². The third-order valence-corrected chi connectivity index (χ3v) is 14.1. The molecule has 5 rings (SSSR count). The van der Waals surface area contributed by atoms with Crippen molar-refractivity contribution >= 4 is 52.9 Å². The Hall–Kier alpha value is -4.31. The number of halogens is 1. The minimum atomic E-state index is -2.86. The zero-order chi connectivity index (χ0) is 35.0. The van der Waals surface area contributed by atoms with Gasteiger partial charge in [-0.05, 0) is 53.0 Å². The molecule has 8 nitrogen and oxygen atoms in total. The van der Waals surface area contributed by atoms with Crippen LogP contribution in [-0.4, -0.2) is 40.5 Å². The fourth-order valence-electron chi connectivity index (χ4n) is 6.63. The molecule has 0 saturated carbocycles. The summed E-state index contributed by atoms with van der Waals surface area (Å²) >= 11 is 6.00. The maximum Gasteiger partial charge on any atom is 0.356 e. The molecule has 2 aromatic heterocycles. The third-order valence-electron chi connectivity index (χ3n) is 8.93. The third kappa shape index (κ3) is 6.54. The Balaban J connectivity index is 1.61. The number of hydrogen-bond donors (Lipinski definition) is 2. The number of aromatic carboxylic acids is 1. The Kier molecular flexibility index (Phi) is 9.70. The highest BCUT2D eigenvalue weighted by Gasteiger charge is 2.51. The van der Waals surface area contributed by atoms with Gasteiger partial charge in [0.15, 0.2) is 5.69 Å². The van der Waals surface area contributed by atoms with Crippen molar-refractivity contribution in [3.05, 3.63) is 123 Å². The molecular weight excluding hydrogens is 640 g/mol. The molecule has 0 spiro atoms. The second kappa shape index (κ2) is 13.3. The van der Waals surface area contributed by atoms with Crippen LogP contribution in [0.15, 0.2) is 89.7 Å². The summed E-state index contributed by atoms with van der Waals surface area (Å²) in [4.78, 5) is 35.2. The van der Waals surface area contributed by atoms with Gasteiger partial charge in [-0.2, -0.15) is 0 Å². The van der Waals surface area contributed by atoms with Crippen molar-refractivity contribution in [3.63, 3.8) is 0 Å². The number of rotatable bonds is 10. The van der Waals surface area contributed by atoms with E-state index in [1.165, 1.54) is 16.4 Å². The second-order valence-electron chi connectivity index (χ2n) is 14.1. The first-order valence-electron chi connectivity index (χ1n) is 16.0. The molecule has 0 aliphatic carbocycles. The number of nitrogens with one attached hydrogen (secondary N) is 1. The highest BCUT2D eigenvalue weighted by Crippen LogP contribution is 2.38. The number of aromatic nitrogens is 3. The lowest BCUT2D eigenvalue weighted by molar-refractivity contribution is 0.0691. The predicted octanol–water partition coefficient (Wildman–Crippen LogP) is 7.02. The van der Waals surface area contributed by atoms with Crippen molar-refractivity contribution < 1.29 is 14.3 Å². The van der Waals surface area contributed by atoms with Gasteiger partial charge in [-0.3, -0.25) is 9.36 Å². The Morgan fingerprint density at radius 1 is 0.958 bits per heavy atom. The summed E-state index contributed by atoms with van der Waals surface area (Å²) in [7, 11) is -1.10. The summed E-state index contributed by atoms with van der Waals surface area (Å²) in [6.45, 7) is 15.0. The first-order chi connectivity index (χ1) is 22.6. The summed E-state index contributed by atoms with van der Waals surface area (Å²) in [5, 5.41) is 15.7. The molecule has 0 aliphatic heterocycles. The van der Waals surface area contributed by atoms with Crippen molar-refractivity contribution in [2.24, 2.45) is 7.05 Å². The fraction of sp³-hybridized carbons (Fsp3) is 0.316. The van der Waals surface area contributed by atoms with E-state index in [0.717, 1.165) is 11.1 Å². The van der Waals surface area contributed by atoms with Crippen LogP contribution in [0.4, 0.5) is 5.69 Å². The molecule has 0 amide bonds. The minimum Gasteiger partial charge on any atom is -0.476 e. The molecule has 250 valence electrons. The number of benzene rings is 3. The maximum atomic E-state index is 14.0. The van der Waals surface area contributed by atoms with Gasteiger partial charge >= 0.3 is 5.97 Å². The van der Waals surface area contributed by atoms with Crippen LogP contribution in [0.5, 0.6) is 0 Å². The number of nitrogens with zero attached hydrogens (tertiary/aromatic N) is 3. The smallest absolute Gasteiger partial charge is 0.356 e. The van der Waals surface area contributed by atoms with Gasteiger partial charge in [0.05, 0.1) is 22.6 Å². The van der Waals surface area contributed by atoms with Gasteiger partial charge in [-0.25, -0.2) is 14.8 Å².